The van der Waals surface area contributed by atoms with E-state index in [0.29, 0.717) is 11.4 Å². The summed E-state index contributed by atoms with van der Waals surface area (Å²) in [4.78, 5) is 26.6. The molecule has 1 unspecified atom stereocenters. The summed E-state index contributed by atoms with van der Waals surface area (Å²) in [6.45, 7) is 4.24. The summed E-state index contributed by atoms with van der Waals surface area (Å²) < 4.78 is 0. The normalized spacial score (nSPS) is 15.8. The highest BCUT2D eigenvalue weighted by atomic mass is 32.2. The SMILES string of the molecule is CC(C)C(C(=O)C(C#N)=S1CCCC1)N(C=O)Cc1ccccc1. The van der Waals surface area contributed by atoms with E-state index in [1.165, 1.54) is 0 Å². The van der Waals surface area contributed by atoms with E-state index in [1.807, 2.05) is 44.2 Å². The van der Waals surface area contributed by atoms with Gasteiger partial charge in [0, 0.05) is 6.54 Å². The lowest BCUT2D eigenvalue weighted by Crippen LogP contribution is -2.46. The fourth-order valence-electron chi connectivity index (χ4n) is 3.09. The maximum absolute atomic E-state index is 13.0. The number of amides is 1. The number of benzene rings is 1. The van der Waals surface area contributed by atoms with Crippen LogP contribution in [-0.4, -0.2) is 39.5 Å². The molecule has 0 radical (unpaired) electrons. The van der Waals surface area contributed by atoms with Gasteiger partial charge in [0.15, 0.2) is 0 Å². The van der Waals surface area contributed by atoms with Gasteiger partial charge < -0.3 is 4.90 Å². The lowest BCUT2D eigenvalue weighted by molar-refractivity contribution is -0.129. The Balaban J connectivity index is 2.29. The summed E-state index contributed by atoms with van der Waals surface area (Å²) in [5, 5.41) is 9.52. The van der Waals surface area contributed by atoms with Crippen LogP contribution in [0.5, 0.6) is 0 Å². The standard InChI is InChI=1S/C19H24N2O2S/c1-15(2)18(19(23)17(12-20)24-10-6-7-11-24)21(14-22)13-16-8-4-3-5-9-16/h3-5,8-9,14-15,18H,6-7,10-11,13H2,1-2H3. The van der Waals surface area contributed by atoms with Gasteiger partial charge in [-0.15, -0.1) is 0 Å². The van der Waals surface area contributed by atoms with Crippen LogP contribution >= 0.6 is 10.5 Å². The molecule has 1 aromatic carbocycles. The lowest BCUT2D eigenvalue weighted by atomic mass is 9.96. The highest BCUT2D eigenvalue weighted by molar-refractivity contribution is 8.17. The van der Waals surface area contributed by atoms with Crippen molar-refractivity contribution in [3.05, 3.63) is 35.9 Å². The van der Waals surface area contributed by atoms with Crippen LogP contribution in [0.25, 0.3) is 0 Å². The largest absolute Gasteiger partial charge is 0.330 e. The van der Waals surface area contributed by atoms with Crippen molar-refractivity contribution in [1.82, 2.24) is 4.90 Å². The second-order valence-corrected chi connectivity index (χ2v) is 8.58. The van der Waals surface area contributed by atoms with Crippen LogP contribution < -0.4 is 0 Å². The zero-order valence-electron chi connectivity index (χ0n) is 14.3. The van der Waals surface area contributed by atoms with Gasteiger partial charge >= 0.3 is 0 Å². The summed E-state index contributed by atoms with van der Waals surface area (Å²) in [7, 11) is -0.234. The molecule has 5 heteroatoms. The average Bonchev–Trinajstić information content (AvgIpc) is 3.09. The van der Waals surface area contributed by atoms with Crippen molar-refractivity contribution in [1.29, 1.82) is 5.26 Å². The van der Waals surface area contributed by atoms with E-state index in [0.717, 1.165) is 36.3 Å². The summed E-state index contributed by atoms with van der Waals surface area (Å²) in [6, 6.07) is 11.2. The van der Waals surface area contributed by atoms with Crippen LogP contribution in [0.2, 0.25) is 0 Å². The fourth-order valence-corrected chi connectivity index (χ4v) is 5.34. The number of nitrogens with zero attached hydrogens (tertiary/aromatic N) is 2. The molecular weight excluding hydrogens is 320 g/mol. The van der Waals surface area contributed by atoms with Crippen LogP contribution in [0, 0.1) is 17.2 Å². The predicted molar refractivity (Wildman–Crippen MR) is 98.9 cm³/mol. The fraction of sp³-hybridized carbons (Fsp3) is 0.474. The summed E-state index contributed by atoms with van der Waals surface area (Å²) in [5.41, 5.74) is 0.977. The lowest BCUT2D eigenvalue weighted by Gasteiger charge is -2.30. The molecule has 1 fully saturated rings. The molecule has 0 spiro atoms. The molecule has 0 bridgehead atoms. The molecule has 1 atom stereocenters. The van der Waals surface area contributed by atoms with Crippen LogP contribution in [0.1, 0.15) is 32.3 Å². The van der Waals surface area contributed by atoms with E-state index in [1.54, 1.807) is 4.90 Å². The van der Waals surface area contributed by atoms with Gasteiger partial charge in [-0.25, -0.2) is 0 Å². The Bertz CT molecular complexity index is 654. The molecule has 0 aromatic heterocycles. The number of carbonyl (C=O) groups excluding carboxylic acids is 2. The number of nitriles is 1. The van der Waals surface area contributed by atoms with E-state index in [9.17, 15) is 14.9 Å². The Kier molecular flexibility index (Phi) is 6.74. The van der Waals surface area contributed by atoms with Crippen LogP contribution in [0.3, 0.4) is 0 Å². The Hall–Kier alpha value is -1.93. The molecule has 1 aromatic rings. The summed E-state index contributed by atoms with van der Waals surface area (Å²) in [5.74, 6) is 1.65. The van der Waals surface area contributed by atoms with Gasteiger partial charge in [-0.3, -0.25) is 9.59 Å². The third-order valence-corrected chi connectivity index (χ3v) is 6.68. The Morgan fingerprint density at radius 1 is 1.29 bits per heavy atom. The average molecular weight is 344 g/mol. The van der Waals surface area contributed by atoms with Crippen LogP contribution in [-0.2, 0) is 16.1 Å². The van der Waals surface area contributed by atoms with Crippen molar-refractivity contribution in [2.24, 2.45) is 5.92 Å². The predicted octanol–water partition coefficient (Wildman–Crippen LogP) is 3.00. The monoisotopic (exact) mass is 344 g/mol. The number of rotatable bonds is 7. The van der Waals surface area contributed by atoms with Gasteiger partial charge in [-0.1, -0.05) is 44.2 Å². The summed E-state index contributed by atoms with van der Waals surface area (Å²) in [6.07, 6.45) is 2.90. The topological polar surface area (TPSA) is 61.2 Å². The molecular formula is C19H24N2O2S. The van der Waals surface area contributed by atoms with Crippen LogP contribution in [0.15, 0.2) is 30.3 Å². The molecule has 1 aliphatic rings. The van der Waals surface area contributed by atoms with Crippen molar-refractivity contribution in [3.63, 3.8) is 0 Å². The van der Waals surface area contributed by atoms with Crippen molar-refractivity contribution in [2.75, 3.05) is 11.5 Å². The first kappa shape index (κ1) is 18.4. The highest BCUT2D eigenvalue weighted by Gasteiger charge is 2.32. The number of hydrogen-bond donors (Lipinski definition) is 0. The van der Waals surface area contributed by atoms with E-state index in [4.69, 9.17) is 0 Å². The van der Waals surface area contributed by atoms with Gasteiger partial charge in [0.05, 0.1) is 6.04 Å². The second kappa shape index (κ2) is 8.79. The first-order valence-corrected chi connectivity index (χ1v) is 9.88. The number of ketones is 1. The van der Waals surface area contributed by atoms with E-state index in [2.05, 4.69) is 6.07 Å². The molecule has 1 heterocycles. The van der Waals surface area contributed by atoms with Crippen molar-refractivity contribution in [2.45, 2.75) is 39.3 Å². The zero-order valence-corrected chi connectivity index (χ0v) is 15.1. The first-order valence-electron chi connectivity index (χ1n) is 8.32. The van der Waals surface area contributed by atoms with Gasteiger partial charge in [0.25, 0.3) is 0 Å². The Labute approximate surface area is 146 Å². The number of hydrogen-bond acceptors (Lipinski definition) is 3. The molecule has 4 nitrogen and oxygen atoms in total. The third-order valence-electron chi connectivity index (χ3n) is 4.25. The molecule has 0 saturated carbocycles. The van der Waals surface area contributed by atoms with Gasteiger partial charge in [0.2, 0.25) is 12.2 Å². The third kappa shape index (κ3) is 4.33. The Morgan fingerprint density at radius 2 is 1.92 bits per heavy atom. The molecule has 24 heavy (non-hydrogen) atoms. The molecule has 1 aliphatic heterocycles. The molecule has 0 aliphatic carbocycles. The second-order valence-electron chi connectivity index (χ2n) is 6.37. The van der Waals surface area contributed by atoms with Crippen molar-refractivity contribution >= 4 is 27.5 Å². The highest BCUT2D eigenvalue weighted by Crippen LogP contribution is 2.28. The van der Waals surface area contributed by atoms with Gasteiger partial charge in [-0.2, -0.15) is 15.7 Å². The molecule has 1 saturated heterocycles. The minimum Gasteiger partial charge on any atom is -0.330 e. The van der Waals surface area contributed by atoms with E-state index >= 15 is 0 Å². The summed E-state index contributed by atoms with van der Waals surface area (Å²) >= 11 is 0. The molecule has 1 amide bonds. The van der Waals surface area contributed by atoms with Crippen molar-refractivity contribution < 1.29 is 9.59 Å². The molecule has 2 rings (SSSR count). The Morgan fingerprint density at radius 3 is 2.42 bits per heavy atom. The maximum atomic E-state index is 13.0. The number of carbonyl (C=O) groups is 2. The van der Waals surface area contributed by atoms with Gasteiger partial charge in [0.1, 0.15) is 10.9 Å². The smallest absolute Gasteiger partial charge is 0.210 e. The molecule has 0 N–H and O–H groups in total. The van der Waals surface area contributed by atoms with E-state index in [-0.39, 0.29) is 22.2 Å². The van der Waals surface area contributed by atoms with Crippen LogP contribution in [0.4, 0.5) is 0 Å². The quantitative estimate of drug-likeness (QED) is 0.564. The molecule has 128 valence electrons. The zero-order chi connectivity index (χ0) is 17.5. The van der Waals surface area contributed by atoms with Crippen molar-refractivity contribution in [3.8, 4) is 6.07 Å². The van der Waals surface area contributed by atoms with E-state index < -0.39 is 6.04 Å². The number of Topliss-reactive ketones (excluding diaryl/α,β-unsaturated/α-hetero) is 1. The van der Waals surface area contributed by atoms with Gasteiger partial charge in [-0.05, 0) is 35.8 Å². The maximum Gasteiger partial charge on any atom is 0.210 e. The minimum absolute atomic E-state index is 0.0408. The minimum atomic E-state index is -0.578. The first-order chi connectivity index (χ1) is 11.6.